The molecule has 9 heteroatoms. The van der Waals surface area contributed by atoms with Crippen LogP contribution in [0.25, 0.3) is 0 Å². The van der Waals surface area contributed by atoms with Gasteiger partial charge in [0.2, 0.25) is 0 Å². The van der Waals surface area contributed by atoms with Gasteiger partial charge in [-0.15, -0.1) is 0 Å². The van der Waals surface area contributed by atoms with E-state index in [4.69, 9.17) is 14.2 Å². The minimum absolute atomic E-state index is 0.124. The zero-order valence-electron chi connectivity index (χ0n) is 22.0. The Bertz CT molecular complexity index is 1220. The Morgan fingerprint density at radius 3 is 2.23 bits per heavy atom. The number of rotatable bonds is 14. The van der Waals surface area contributed by atoms with E-state index in [0.29, 0.717) is 54.5 Å². The van der Waals surface area contributed by atoms with E-state index >= 15 is 0 Å². The van der Waals surface area contributed by atoms with Crippen LogP contribution in [-0.4, -0.2) is 44.1 Å². The molecule has 0 spiro atoms. The van der Waals surface area contributed by atoms with Crippen LogP contribution in [0.15, 0.2) is 77.3 Å². The molecule has 3 aromatic rings. The van der Waals surface area contributed by atoms with Crippen molar-refractivity contribution in [1.82, 2.24) is 4.90 Å². The summed E-state index contributed by atoms with van der Waals surface area (Å²) in [6.07, 6.45) is -1.26. The number of alkyl halides is 2. The number of methoxy groups -OCH3 is 2. The molecule has 0 N–H and O–H groups in total. The highest BCUT2D eigenvalue weighted by molar-refractivity contribution is 9.10. The Morgan fingerprint density at radius 1 is 0.872 bits per heavy atom. The lowest BCUT2D eigenvalue weighted by atomic mass is 10.1. The molecule has 3 rings (SSSR count). The first-order valence-electron chi connectivity index (χ1n) is 12.6. The molecule has 3 aromatic carbocycles. The summed E-state index contributed by atoms with van der Waals surface area (Å²) < 4.78 is 45.3. The van der Waals surface area contributed by atoms with Crippen molar-refractivity contribution in [3.8, 4) is 5.75 Å². The normalized spacial score (nSPS) is 11.3. The number of halogens is 3. The summed E-state index contributed by atoms with van der Waals surface area (Å²) in [6.45, 7) is 1.84. The Hall–Kier alpha value is -3.30. The van der Waals surface area contributed by atoms with Crippen LogP contribution in [0, 0.1) is 0 Å². The van der Waals surface area contributed by atoms with Gasteiger partial charge in [0.25, 0.3) is 0 Å². The van der Waals surface area contributed by atoms with Gasteiger partial charge in [-0.25, -0.2) is 4.79 Å². The minimum atomic E-state index is -3.49. The topological polar surface area (TPSA) is 65.1 Å². The lowest BCUT2D eigenvalue weighted by Gasteiger charge is -2.24. The first-order chi connectivity index (χ1) is 18.7. The fraction of sp³-hybridized carbons (Fsp3) is 0.333. The quantitative estimate of drug-likeness (QED) is 0.150. The number of hydrogen-bond acceptors (Lipinski definition) is 6. The third kappa shape index (κ3) is 9.44. The Labute approximate surface area is 236 Å². The fourth-order valence-electron chi connectivity index (χ4n) is 4.03. The van der Waals surface area contributed by atoms with E-state index in [2.05, 4.69) is 20.8 Å². The molecule has 0 amide bonds. The lowest BCUT2D eigenvalue weighted by molar-refractivity contribution is -0.185. The van der Waals surface area contributed by atoms with Gasteiger partial charge in [-0.1, -0.05) is 46.3 Å². The first kappa shape index (κ1) is 30.2. The second-order valence-corrected chi connectivity index (χ2v) is 9.90. The van der Waals surface area contributed by atoms with Gasteiger partial charge in [-0.05, 0) is 79.4 Å². The minimum Gasteiger partial charge on any atom is -0.469 e. The standard InChI is InChI=1S/C30H32BrF2NO5/c1-37-28(35)9-5-6-19-34(21-22-10-12-24(13-11-22)29(36)38-2)20-18-23-7-3-4-8-27(23)39-30(32,33)25-14-16-26(31)17-15-25/h3-4,7-8,10-17H,5-6,9,18-21H2,1-2H3. The third-order valence-electron chi connectivity index (χ3n) is 6.20. The first-order valence-corrected chi connectivity index (χ1v) is 13.4. The Balaban J connectivity index is 1.70. The summed E-state index contributed by atoms with van der Waals surface area (Å²) in [7, 11) is 2.70. The molecule has 0 saturated carbocycles. The van der Waals surface area contributed by atoms with Crippen LogP contribution in [0.1, 0.15) is 46.3 Å². The number of esters is 2. The number of unbranched alkanes of at least 4 members (excludes halogenated alkanes) is 1. The van der Waals surface area contributed by atoms with Gasteiger partial charge in [-0.2, -0.15) is 8.78 Å². The van der Waals surface area contributed by atoms with Gasteiger partial charge < -0.3 is 14.2 Å². The number of ether oxygens (including phenoxy) is 3. The van der Waals surface area contributed by atoms with Crippen molar-refractivity contribution in [1.29, 1.82) is 0 Å². The molecule has 0 radical (unpaired) electrons. The van der Waals surface area contributed by atoms with E-state index in [1.165, 1.54) is 26.4 Å². The molecule has 0 saturated heterocycles. The van der Waals surface area contributed by atoms with Crippen molar-refractivity contribution in [3.05, 3.63) is 99.5 Å². The molecule has 0 unspecified atom stereocenters. The van der Waals surface area contributed by atoms with E-state index in [9.17, 15) is 18.4 Å². The maximum absolute atomic E-state index is 14.9. The maximum atomic E-state index is 14.9. The highest BCUT2D eigenvalue weighted by Gasteiger charge is 2.35. The maximum Gasteiger partial charge on any atom is 0.426 e. The molecule has 208 valence electrons. The third-order valence-corrected chi connectivity index (χ3v) is 6.73. The molecule has 0 fully saturated rings. The Morgan fingerprint density at radius 2 is 1.56 bits per heavy atom. The molecule has 0 aliphatic carbocycles. The number of nitrogens with zero attached hydrogens (tertiary/aromatic N) is 1. The number of hydrogen-bond donors (Lipinski definition) is 0. The van der Waals surface area contributed by atoms with Crippen molar-refractivity contribution in [2.45, 2.75) is 38.3 Å². The molecule has 0 heterocycles. The van der Waals surface area contributed by atoms with Gasteiger partial charge in [0, 0.05) is 24.0 Å². The van der Waals surface area contributed by atoms with Gasteiger partial charge in [0.1, 0.15) is 5.75 Å². The number of carbonyl (C=O) groups is 2. The van der Waals surface area contributed by atoms with E-state index < -0.39 is 12.1 Å². The van der Waals surface area contributed by atoms with Gasteiger partial charge in [0.15, 0.2) is 0 Å². The highest BCUT2D eigenvalue weighted by atomic mass is 79.9. The second-order valence-electron chi connectivity index (χ2n) is 8.98. The van der Waals surface area contributed by atoms with E-state index in [1.807, 2.05) is 12.1 Å². The van der Waals surface area contributed by atoms with Crippen LogP contribution in [0.3, 0.4) is 0 Å². The fourth-order valence-corrected chi connectivity index (χ4v) is 4.29. The predicted molar refractivity (Wildman–Crippen MR) is 148 cm³/mol. The van der Waals surface area contributed by atoms with Crippen molar-refractivity contribution in [2.75, 3.05) is 27.3 Å². The molecule has 0 aliphatic heterocycles. The number of para-hydroxylation sites is 1. The summed E-state index contributed by atoms with van der Waals surface area (Å²) in [5.41, 5.74) is 1.88. The predicted octanol–water partition coefficient (Wildman–Crippen LogP) is 6.75. The van der Waals surface area contributed by atoms with Crippen LogP contribution in [0.5, 0.6) is 5.75 Å². The zero-order valence-corrected chi connectivity index (χ0v) is 23.6. The highest BCUT2D eigenvalue weighted by Crippen LogP contribution is 2.34. The molecule has 0 atom stereocenters. The summed E-state index contributed by atoms with van der Waals surface area (Å²) in [5.74, 6) is -0.533. The van der Waals surface area contributed by atoms with Crippen molar-refractivity contribution < 1.29 is 32.6 Å². The zero-order chi connectivity index (χ0) is 28.3. The van der Waals surface area contributed by atoms with Crippen molar-refractivity contribution in [3.63, 3.8) is 0 Å². The molecule has 6 nitrogen and oxygen atoms in total. The molecular formula is C30H32BrF2NO5. The van der Waals surface area contributed by atoms with Crippen LogP contribution in [0.4, 0.5) is 8.78 Å². The number of benzene rings is 3. The molecule has 39 heavy (non-hydrogen) atoms. The Kier molecular flexibility index (Phi) is 11.4. The second kappa shape index (κ2) is 14.7. The average Bonchev–Trinajstić information content (AvgIpc) is 2.94. The number of carbonyl (C=O) groups excluding carboxylic acids is 2. The lowest BCUT2D eigenvalue weighted by Crippen LogP contribution is -2.28. The van der Waals surface area contributed by atoms with Gasteiger partial charge in [-0.3, -0.25) is 9.69 Å². The van der Waals surface area contributed by atoms with Gasteiger partial charge in [0.05, 0.1) is 25.3 Å². The summed E-state index contributed by atoms with van der Waals surface area (Å²) in [5, 5.41) is 0. The SMILES string of the molecule is COC(=O)CCCCN(CCc1ccccc1OC(F)(F)c1ccc(Br)cc1)Cc1ccc(C(=O)OC)cc1. The van der Waals surface area contributed by atoms with Crippen LogP contribution in [0.2, 0.25) is 0 Å². The van der Waals surface area contributed by atoms with Crippen LogP contribution in [-0.2, 0) is 33.3 Å². The molecule has 0 aliphatic rings. The molecule has 0 bridgehead atoms. The van der Waals surface area contributed by atoms with E-state index in [-0.39, 0.29) is 17.3 Å². The molecule has 0 aromatic heterocycles. The summed E-state index contributed by atoms with van der Waals surface area (Å²) in [4.78, 5) is 25.4. The largest absolute Gasteiger partial charge is 0.469 e. The average molecular weight is 604 g/mol. The van der Waals surface area contributed by atoms with Crippen LogP contribution < -0.4 is 4.74 Å². The smallest absolute Gasteiger partial charge is 0.426 e. The van der Waals surface area contributed by atoms with Gasteiger partial charge >= 0.3 is 18.0 Å². The monoisotopic (exact) mass is 603 g/mol. The van der Waals surface area contributed by atoms with Crippen molar-refractivity contribution >= 4 is 27.9 Å². The van der Waals surface area contributed by atoms with E-state index in [0.717, 1.165) is 12.0 Å². The van der Waals surface area contributed by atoms with Crippen molar-refractivity contribution in [2.24, 2.45) is 0 Å². The molecular weight excluding hydrogens is 572 g/mol. The van der Waals surface area contributed by atoms with Crippen LogP contribution >= 0.6 is 15.9 Å². The van der Waals surface area contributed by atoms with E-state index in [1.54, 1.807) is 48.5 Å². The summed E-state index contributed by atoms with van der Waals surface area (Å²) in [6, 6.07) is 19.7. The summed E-state index contributed by atoms with van der Waals surface area (Å²) >= 11 is 3.26.